The van der Waals surface area contributed by atoms with E-state index in [-0.39, 0.29) is 0 Å². The molecule has 12 aromatic rings. The Bertz CT molecular complexity index is 3760. The molecule has 0 saturated heterocycles. The van der Waals surface area contributed by atoms with Gasteiger partial charge in [-0.2, -0.15) is 0 Å². The van der Waals surface area contributed by atoms with Crippen LogP contribution in [-0.4, -0.2) is 0 Å². The van der Waals surface area contributed by atoms with Gasteiger partial charge < -0.3 is 9.32 Å². The van der Waals surface area contributed by atoms with E-state index in [1.807, 2.05) is 12.1 Å². The van der Waals surface area contributed by atoms with Gasteiger partial charge in [0, 0.05) is 27.7 Å². The second-order valence-corrected chi connectivity index (χ2v) is 18.0. The molecule has 1 aliphatic carbocycles. The topological polar surface area (TPSA) is 16.4 Å². The lowest BCUT2D eigenvalue weighted by molar-refractivity contribution is 0.669. The van der Waals surface area contributed by atoms with Gasteiger partial charge in [-0.05, 0) is 127 Å². The minimum absolute atomic E-state index is 0.552. The average Bonchev–Trinajstić information content (AvgIpc) is 3.95. The zero-order valence-electron chi connectivity index (χ0n) is 37.8. The number of fused-ring (bicyclic) bond motifs is 6. The molecule has 0 atom stereocenters. The van der Waals surface area contributed by atoms with Crippen molar-refractivity contribution in [3.8, 4) is 55.6 Å². The fourth-order valence-electron chi connectivity index (χ4n) is 11.0. The molecule has 1 aromatic heterocycles. The molecule has 0 N–H and O–H groups in total. The minimum Gasteiger partial charge on any atom is -0.456 e. The normalized spacial score (nSPS) is 12.5. The zero-order chi connectivity index (χ0) is 45.7. The van der Waals surface area contributed by atoms with Crippen LogP contribution in [0.5, 0.6) is 0 Å². The van der Waals surface area contributed by atoms with Gasteiger partial charge in [-0.3, -0.25) is 0 Å². The maximum Gasteiger partial charge on any atom is 0.135 e. The molecule has 0 saturated carbocycles. The highest BCUT2D eigenvalue weighted by Crippen LogP contribution is 2.57. The molecule has 1 heterocycles. The summed E-state index contributed by atoms with van der Waals surface area (Å²) in [4.78, 5) is 2.47. The maximum atomic E-state index is 6.22. The third kappa shape index (κ3) is 6.80. The summed E-state index contributed by atoms with van der Waals surface area (Å²) in [7, 11) is 0. The number of para-hydroxylation sites is 1. The van der Waals surface area contributed by atoms with Crippen molar-refractivity contribution in [2.24, 2.45) is 0 Å². The third-order valence-electron chi connectivity index (χ3n) is 14.2. The first-order chi connectivity index (χ1) is 34.2. The van der Waals surface area contributed by atoms with Crippen molar-refractivity contribution < 1.29 is 4.42 Å². The van der Waals surface area contributed by atoms with Crippen molar-refractivity contribution >= 4 is 39.0 Å². The molecule has 0 bridgehead atoms. The summed E-state index contributed by atoms with van der Waals surface area (Å²) >= 11 is 0. The number of hydrogen-bond acceptors (Lipinski definition) is 2. The first-order valence-corrected chi connectivity index (χ1v) is 23.7. The second kappa shape index (κ2) is 16.7. The lowest BCUT2D eigenvalue weighted by Crippen LogP contribution is -2.28. The fraction of sp³-hybridized carbons (Fsp3) is 0.0149. The standard InChI is InChI=1S/C67H45NO/c1-5-17-46(18-6-1)48-29-31-50(32-30-48)60-43-51(47-19-7-2-8-20-47)35-41-64(60)68(55-37-33-49(34-38-55)52-36-42-66-61(44-52)59-26-14-16-28-65(59)69-66)56-39-40-58-57-25-13-15-27-62(57)67(63(58)45-56,53-21-9-3-10-22-53)54-23-11-4-12-24-54/h1-45H. The van der Waals surface area contributed by atoms with Crippen molar-refractivity contribution in [3.63, 3.8) is 0 Å². The highest BCUT2D eigenvalue weighted by Gasteiger charge is 2.46. The van der Waals surface area contributed by atoms with E-state index in [4.69, 9.17) is 4.42 Å². The summed E-state index contributed by atoms with van der Waals surface area (Å²) in [6, 6.07) is 99.5. The molecule has 0 spiro atoms. The van der Waals surface area contributed by atoms with Crippen LogP contribution in [0.3, 0.4) is 0 Å². The first kappa shape index (κ1) is 40.3. The monoisotopic (exact) mass is 879 g/mol. The predicted molar refractivity (Wildman–Crippen MR) is 287 cm³/mol. The molecule has 13 rings (SSSR count). The van der Waals surface area contributed by atoms with Gasteiger partial charge in [0.1, 0.15) is 11.2 Å². The predicted octanol–water partition coefficient (Wildman–Crippen LogP) is 18.1. The molecular formula is C67H45NO. The Morgan fingerprint density at radius 1 is 0.275 bits per heavy atom. The average molecular weight is 880 g/mol. The highest BCUT2D eigenvalue weighted by molar-refractivity contribution is 6.06. The number of hydrogen-bond donors (Lipinski definition) is 0. The third-order valence-corrected chi connectivity index (χ3v) is 14.2. The Kier molecular flexibility index (Phi) is 9.77. The molecule has 0 unspecified atom stereocenters. The molecule has 324 valence electrons. The molecule has 11 aromatic carbocycles. The van der Waals surface area contributed by atoms with E-state index in [1.165, 1.54) is 50.1 Å². The van der Waals surface area contributed by atoms with Gasteiger partial charge in [0.2, 0.25) is 0 Å². The second-order valence-electron chi connectivity index (χ2n) is 18.0. The Morgan fingerprint density at radius 2 is 0.754 bits per heavy atom. The van der Waals surface area contributed by atoms with Gasteiger partial charge in [0.25, 0.3) is 0 Å². The summed E-state index contributed by atoms with van der Waals surface area (Å²) in [5.41, 5.74) is 21.3. The van der Waals surface area contributed by atoms with Crippen LogP contribution < -0.4 is 4.90 Å². The fourth-order valence-corrected chi connectivity index (χ4v) is 11.0. The molecule has 0 fully saturated rings. The summed E-state index contributed by atoms with van der Waals surface area (Å²) < 4.78 is 6.22. The van der Waals surface area contributed by atoms with E-state index < -0.39 is 5.41 Å². The number of nitrogens with zero attached hydrogens (tertiary/aromatic N) is 1. The smallest absolute Gasteiger partial charge is 0.135 e. The van der Waals surface area contributed by atoms with Crippen LogP contribution in [0.15, 0.2) is 277 Å². The van der Waals surface area contributed by atoms with Crippen LogP contribution in [0.25, 0.3) is 77.6 Å². The molecule has 0 radical (unpaired) electrons. The minimum atomic E-state index is -0.552. The molecular weight excluding hydrogens is 835 g/mol. The lowest BCUT2D eigenvalue weighted by Gasteiger charge is -2.35. The van der Waals surface area contributed by atoms with Crippen molar-refractivity contribution in [2.45, 2.75) is 5.41 Å². The molecule has 0 amide bonds. The largest absolute Gasteiger partial charge is 0.456 e. The van der Waals surface area contributed by atoms with Gasteiger partial charge in [-0.25, -0.2) is 0 Å². The van der Waals surface area contributed by atoms with Crippen LogP contribution in [0.2, 0.25) is 0 Å². The lowest BCUT2D eigenvalue weighted by atomic mass is 9.67. The van der Waals surface area contributed by atoms with Crippen molar-refractivity contribution in [1.29, 1.82) is 0 Å². The van der Waals surface area contributed by atoms with E-state index in [0.717, 1.165) is 66.8 Å². The number of furan rings is 1. The number of anilines is 3. The van der Waals surface area contributed by atoms with Gasteiger partial charge in [0.05, 0.1) is 11.1 Å². The van der Waals surface area contributed by atoms with Crippen LogP contribution >= 0.6 is 0 Å². The molecule has 0 aliphatic heterocycles. The molecule has 1 aliphatic rings. The van der Waals surface area contributed by atoms with Gasteiger partial charge in [0.15, 0.2) is 0 Å². The Labute approximate surface area is 402 Å². The molecule has 2 heteroatoms. The van der Waals surface area contributed by atoms with E-state index >= 15 is 0 Å². The van der Waals surface area contributed by atoms with Crippen LogP contribution in [-0.2, 0) is 5.41 Å². The first-order valence-electron chi connectivity index (χ1n) is 23.7. The number of benzene rings is 11. The summed E-state index contributed by atoms with van der Waals surface area (Å²) in [6.45, 7) is 0. The summed E-state index contributed by atoms with van der Waals surface area (Å²) in [5.74, 6) is 0. The van der Waals surface area contributed by atoms with Gasteiger partial charge >= 0.3 is 0 Å². The Hall–Kier alpha value is -8.98. The Balaban J connectivity index is 1.04. The van der Waals surface area contributed by atoms with E-state index in [9.17, 15) is 0 Å². The zero-order valence-corrected chi connectivity index (χ0v) is 37.8. The van der Waals surface area contributed by atoms with Gasteiger partial charge in [-0.1, -0.05) is 218 Å². The summed E-state index contributed by atoms with van der Waals surface area (Å²) in [5, 5.41) is 2.25. The van der Waals surface area contributed by atoms with Crippen LogP contribution in [0.1, 0.15) is 22.3 Å². The van der Waals surface area contributed by atoms with Crippen molar-refractivity contribution in [3.05, 3.63) is 295 Å². The quantitative estimate of drug-likeness (QED) is 0.144. The Morgan fingerprint density at radius 3 is 1.46 bits per heavy atom. The van der Waals surface area contributed by atoms with Gasteiger partial charge in [-0.15, -0.1) is 0 Å². The van der Waals surface area contributed by atoms with E-state index in [0.29, 0.717) is 0 Å². The highest BCUT2D eigenvalue weighted by atomic mass is 16.3. The summed E-state index contributed by atoms with van der Waals surface area (Å²) in [6.07, 6.45) is 0. The number of rotatable bonds is 9. The van der Waals surface area contributed by atoms with Crippen LogP contribution in [0.4, 0.5) is 17.1 Å². The van der Waals surface area contributed by atoms with Crippen LogP contribution in [0, 0.1) is 0 Å². The van der Waals surface area contributed by atoms with Crippen molar-refractivity contribution in [1.82, 2.24) is 0 Å². The molecule has 69 heavy (non-hydrogen) atoms. The van der Waals surface area contributed by atoms with Crippen molar-refractivity contribution in [2.75, 3.05) is 4.90 Å². The van der Waals surface area contributed by atoms with E-state index in [1.54, 1.807) is 0 Å². The SMILES string of the molecule is c1ccc(-c2ccc(-c3cc(-c4ccccc4)ccc3N(c3ccc(-c4ccc5oc6ccccc6c5c4)cc3)c3ccc4c(c3)C(c3ccccc3)(c3ccccc3)c3ccccc3-4)cc2)cc1. The maximum absolute atomic E-state index is 6.22. The van der Waals surface area contributed by atoms with E-state index in [2.05, 4.69) is 266 Å². The molecule has 2 nitrogen and oxygen atoms in total.